The summed E-state index contributed by atoms with van der Waals surface area (Å²) in [6.45, 7) is 3.92. The van der Waals surface area contributed by atoms with Gasteiger partial charge < -0.3 is 15.2 Å². The lowest BCUT2D eigenvalue weighted by atomic mass is 9.94. The molecule has 1 aromatic heterocycles. The lowest BCUT2D eigenvalue weighted by Crippen LogP contribution is -2.33. The van der Waals surface area contributed by atoms with Crippen molar-refractivity contribution >= 4 is 0 Å². The molecular formula is C13H21N3O2. The highest BCUT2D eigenvalue weighted by molar-refractivity contribution is 5.18. The van der Waals surface area contributed by atoms with E-state index in [2.05, 4.69) is 9.97 Å². The molecule has 1 aromatic rings. The number of rotatable bonds is 4. The van der Waals surface area contributed by atoms with Crippen molar-refractivity contribution in [3.63, 3.8) is 0 Å². The highest BCUT2D eigenvalue weighted by atomic mass is 16.5. The van der Waals surface area contributed by atoms with Crippen LogP contribution >= 0.6 is 0 Å². The Hall–Kier alpha value is -1.36. The third-order valence-corrected chi connectivity index (χ3v) is 2.93. The quantitative estimate of drug-likeness (QED) is 0.885. The summed E-state index contributed by atoms with van der Waals surface area (Å²) < 4.78 is 11.3. The van der Waals surface area contributed by atoms with Gasteiger partial charge in [0.15, 0.2) is 0 Å². The minimum atomic E-state index is 0.0934. The largest absolute Gasteiger partial charge is 0.475 e. The van der Waals surface area contributed by atoms with Crippen molar-refractivity contribution in [3.05, 3.63) is 12.4 Å². The molecule has 18 heavy (non-hydrogen) atoms. The Morgan fingerprint density at radius 3 is 2.78 bits per heavy atom. The van der Waals surface area contributed by atoms with Crippen molar-refractivity contribution in [2.75, 3.05) is 0 Å². The van der Waals surface area contributed by atoms with Gasteiger partial charge in [-0.15, -0.1) is 0 Å². The number of ether oxygens (including phenoxy) is 2. The van der Waals surface area contributed by atoms with E-state index >= 15 is 0 Å². The zero-order valence-corrected chi connectivity index (χ0v) is 11.0. The topological polar surface area (TPSA) is 70.3 Å². The molecule has 5 nitrogen and oxygen atoms in total. The molecule has 1 saturated carbocycles. The van der Waals surface area contributed by atoms with Gasteiger partial charge in [0.2, 0.25) is 11.8 Å². The number of hydrogen-bond acceptors (Lipinski definition) is 5. The van der Waals surface area contributed by atoms with Crippen LogP contribution in [0.2, 0.25) is 0 Å². The van der Waals surface area contributed by atoms with Crippen LogP contribution in [-0.2, 0) is 0 Å². The molecule has 2 atom stereocenters. The maximum atomic E-state index is 5.94. The highest BCUT2D eigenvalue weighted by Gasteiger charge is 2.21. The summed E-state index contributed by atoms with van der Waals surface area (Å²) in [7, 11) is 0. The second-order valence-electron chi connectivity index (χ2n) is 5.03. The number of aromatic nitrogens is 2. The SMILES string of the molecule is CC(C)Oc1cc(OC2CCCC(N)C2)ncn1. The summed E-state index contributed by atoms with van der Waals surface area (Å²) in [6, 6.07) is 1.98. The van der Waals surface area contributed by atoms with Crippen LogP contribution in [0, 0.1) is 0 Å². The zero-order chi connectivity index (χ0) is 13.0. The van der Waals surface area contributed by atoms with Crippen LogP contribution in [0.1, 0.15) is 39.5 Å². The summed E-state index contributed by atoms with van der Waals surface area (Å²) in [5.74, 6) is 1.12. The van der Waals surface area contributed by atoms with E-state index in [1.807, 2.05) is 13.8 Å². The molecule has 2 unspecified atom stereocenters. The smallest absolute Gasteiger partial charge is 0.220 e. The standard InChI is InChI=1S/C13H21N3O2/c1-9(2)17-12-7-13(16-8-15-12)18-11-5-3-4-10(14)6-11/h7-11H,3-6,14H2,1-2H3. The zero-order valence-electron chi connectivity index (χ0n) is 11.0. The predicted octanol–water partition coefficient (Wildman–Crippen LogP) is 1.91. The number of nitrogens with zero attached hydrogens (tertiary/aromatic N) is 2. The Bertz CT molecular complexity index is 384. The second-order valence-corrected chi connectivity index (χ2v) is 5.03. The van der Waals surface area contributed by atoms with Gasteiger partial charge in [-0.25, -0.2) is 9.97 Å². The molecule has 0 aliphatic heterocycles. The van der Waals surface area contributed by atoms with Crippen LogP contribution in [0.3, 0.4) is 0 Å². The summed E-state index contributed by atoms with van der Waals surface area (Å²) in [5, 5.41) is 0. The highest BCUT2D eigenvalue weighted by Crippen LogP contribution is 2.23. The molecule has 100 valence electrons. The average Bonchev–Trinajstić information content (AvgIpc) is 2.28. The molecule has 1 aliphatic carbocycles. The van der Waals surface area contributed by atoms with E-state index in [0.717, 1.165) is 25.7 Å². The van der Waals surface area contributed by atoms with Crippen LogP contribution in [0.4, 0.5) is 0 Å². The van der Waals surface area contributed by atoms with Crippen molar-refractivity contribution in [3.8, 4) is 11.8 Å². The van der Waals surface area contributed by atoms with E-state index in [9.17, 15) is 0 Å². The van der Waals surface area contributed by atoms with Gasteiger partial charge in [0.1, 0.15) is 12.4 Å². The Morgan fingerprint density at radius 2 is 2.06 bits per heavy atom. The maximum Gasteiger partial charge on any atom is 0.220 e. The van der Waals surface area contributed by atoms with Crippen molar-refractivity contribution < 1.29 is 9.47 Å². The van der Waals surface area contributed by atoms with E-state index < -0.39 is 0 Å². The number of hydrogen-bond donors (Lipinski definition) is 1. The van der Waals surface area contributed by atoms with Gasteiger partial charge in [0.25, 0.3) is 0 Å². The molecular weight excluding hydrogens is 230 g/mol. The lowest BCUT2D eigenvalue weighted by Gasteiger charge is -2.26. The molecule has 0 saturated heterocycles. The van der Waals surface area contributed by atoms with Crippen molar-refractivity contribution in [1.29, 1.82) is 0 Å². The summed E-state index contributed by atoms with van der Waals surface area (Å²) in [5.41, 5.74) is 5.94. The van der Waals surface area contributed by atoms with E-state index in [4.69, 9.17) is 15.2 Å². The maximum absolute atomic E-state index is 5.94. The van der Waals surface area contributed by atoms with Crippen molar-refractivity contribution in [2.24, 2.45) is 5.73 Å². The summed E-state index contributed by atoms with van der Waals surface area (Å²) in [4.78, 5) is 8.16. The Balaban J connectivity index is 1.96. The van der Waals surface area contributed by atoms with E-state index in [1.54, 1.807) is 6.07 Å². The molecule has 1 aliphatic rings. The van der Waals surface area contributed by atoms with Gasteiger partial charge in [-0.1, -0.05) is 0 Å². The first-order valence-corrected chi connectivity index (χ1v) is 6.54. The predicted molar refractivity (Wildman–Crippen MR) is 68.7 cm³/mol. The van der Waals surface area contributed by atoms with E-state index in [1.165, 1.54) is 6.33 Å². The fourth-order valence-electron chi connectivity index (χ4n) is 2.15. The van der Waals surface area contributed by atoms with Gasteiger partial charge in [-0.2, -0.15) is 0 Å². The van der Waals surface area contributed by atoms with Crippen LogP contribution in [0.5, 0.6) is 11.8 Å². The van der Waals surface area contributed by atoms with Gasteiger partial charge >= 0.3 is 0 Å². The average molecular weight is 251 g/mol. The van der Waals surface area contributed by atoms with E-state index in [0.29, 0.717) is 11.8 Å². The molecule has 1 heterocycles. The molecule has 0 aromatic carbocycles. The normalized spacial score (nSPS) is 24.0. The third kappa shape index (κ3) is 3.84. The van der Waals surface area contributed by atoms with Gasteiger partial charge in [0.05, 0.1) is 12.2 Å². The van der Waals surface area contributed by atoms with Crippen LogP contribution in [0.25, 0.3) is 0 Å². The van der Waals surface area contributed by atoms with Crippen molar-refractivity contribution in [1.82, 2.24) is 9.97 Å². The molecule has 0 bridgehead atoms. The first kappa shape index (κ1) is 13.1. The van der Waals surface area contributed by atoms with Crippen LogP contribution < -0.4 is 15.2 Å². The minimum absolute atomic E-state index is 0.0934. The monoisotopic (exact) mass is 251 g/mol. The van der Waals surface area contributed by atoms with E-state index in [-0.39, 0.29) is 18.2 Å². The lowest BCUT2D eigenvalue weighted by molar-refractivity contribution is 0.137. The summed E-state index contributed by atoms with van der Waals surface area (Å²) >= 11 is 0. The first-order chi connectivity index (χ1) is 8.63. The molecule has 0 spiro atoms. The molecule has 1 fully saturated rings. The fraction of sp³-hybridized carbons (Fsp3) is 0.692. The molecule has 2 N–H and O–H groups in total. The molecule has 2 rings (SSSR count). The third-order valence-electron chi connectivity index (χ3n) is 2.93. The molecule has 5 heteroatoms. The second kappa shape index (κ2) is 6.00. The number of nitrogens with two attached hydrogens (primary N) is 1. The van der Waals surface area contributed by atoms with Gasteiger partial charge in [0, 0.05) is 6.04 Å². The van der Waals surface area contributed by atoms with Gasteiger partial charge in [-0.05, 0) is 39.5 Å². The molecule has 0 amide bonds. The van der Waals surface area contributed by atoms with Gasteiger partial charge in [-0.3, -0.25) is 0 Å². The summed E-state index contributed by atoms with van der Waals surface area (Å²) in [6.07, 6.45) is 5.86. The Morgan fingerprint density at radius 1 is 1.28 bits per heavy atom. The van der Waals surface area contributed by atoms with Crippen LogP contribution in [0.15, 0.2) is 12.4 Å². The van der Waals surface area contributed by atoms with Crippen molar-refractivity contribution in [2.45, 2.75) is 57.8 Å². The fourth-order valence-corrected chi connectivity index (χ4v) is 2.15. The minimum Gasteiger partial charge on any atom is -0.475 e. The molecule has 0 radical (unpaired) electrons. The Kier molecular flexibility index (Phi) is 4.36. The van der Waals surface area contributed by atoms with Crippen LogP contribution in [-0.4, -0.2) is 28.2 Å². The Labute approximate surface area is 108 Å². The first-order valence-electron chi connectivity index (χ1n) is 6.54.